The first-order chi connectivity index (χ1) is 14.9. The summed E-state index contributed by atoms with van der Waals surface area (Å²) in [5.41, 5.74) is 7.17. The van der Waals surface area contributed by atoms with Gasteiger partial charge in [0.2, 0.25) is 0 Å². The van der Waals surface area contributed by atoms with Crippen LogP contribution in [0.1, 0.15) is 31.4 Å². The van der Waals surface area contributed by atoms with Gasteiger partial charge in [0.1, 0.15) is 24.0 Å². The van der Waals surface area contributed by atoms with Gasteiger partial charge in [-0.3, -0.25) is 9.09 Å². The number of benzene rings is 1. The van der Waals surface area contributed by atoms with E-state index in [1.165, 1.54) is 24.5 Å². The highest BCUT2D eigenvalue weighted by Crippen LogP contribution is 2.56. The Balaban J connectivity index is 1.43. The number of hydrogen-bond acceptors (Lipinski definition) is 8. The van der Waals surface area contributed by atoms with Gasteiger partial charge in [-0.2, -0.15) is 0 Å². The van der Waals surface area contributed by atoms with Gasteiger partial charge < -0.3 is 19.6 Å². The van der Waals surface area contributed by atoms with E-state index >= 15 is 0 Å². The van der Waals surface area contributed by atoms with Gasteiger partial charge in [0.25, 0.3) is 0 Å². The third-order valence-electron chi connectivity index (χ3n) is 5.01. The number of hydrogen-bond donors (Lipinski definition) is 1. The molecular formula is C19H22ClFN5O4P. The Labute approximate surface area is 183 Å². The number of nitrogens with zero attached hydrogens (tertiary/aromatic N) is 4. The Hall–Kier alpha value is -2.10. The van der Waals surface area contributed by atoms with E-state index in [1.807, 2.05) is 6.92 Å². The van der Waals surface area contributed by atoms with Crippen LogP contribution in [0.3, 0.4) is 0 Å². The number of ether oxygens (including phenoxy) is 1. The number of fused-ring (bicyclic) bond motifs is 1. The molecule has 1 aromatic carbocycles. The molecule has 0 radical (unpaired) electrons. The highest BCUT2D eigenvalue weighted by atomic mass is 35.5. The van der Waals surface area contributed by atoms with E-state index in [0.29, 0.717) is 41.4 Å². The average Bonchev–Trinajstić information content (AvgIpc) is 3.17. The summed E-state index contributed by atoms with van der Waals surface area (Å²) in [4.78, 5) is 12.4. The molecule has 9 nitrogen and oxygen atoms in total. The van der Waals surface area contributed by atoms with E-state index in [-0.39, 0.29) is 24.6 Å². The molecule has 1 aliphatic heterocycles. The molecule has 3 aromatic rings. The van der Waals surface area contributed by atoms with Gasteiger partial charge in [-0.05, 0) is 24.6 Å². The summed E-state index contributed by atoms with van der Waals surface area (Å²) in [6, 6.07) is 4.19. The summed E-state index contributed by atoms with van der Waals surface area (Å²) in [6.07, 6.45) is 2.68. The van der Waals surface area contributed by atoms with Crippen LogP contribution in [0.5, 0.6) is 0 Å². The lowest BCUT2D eigenvalue weighted by atomic mass is 10.1. The molecule has 2 N–H and O–H groups in total. The van der Waals surface area contributed by atoms with Gasteiger partial charge in [0.15, 0.2) is 11.5 Å². The van der Waals surface area contributed by atoms with Crippen molar-refractivity contribution < 1.29 is 22.7 Å². The van der Waals surface area contributed by atoms with Gasteiger partial charge in [-0.25, -0.2) is 19.3 Å². The van der Waals surface area contributed by atoms with Crippen LogP contribution >= 0.6 is 19.2 Å². The maximum atomic E-state index is 14.2. The lowest BCUT2D eigenvalue weighted by molar-refractivity contribution is 0.0256. The maximum Gasteiger partial charge on any atom is 0.356 e. The Morgan fingerprint density at radius 2 is 2.26 bits per heavy atom. The fourth-order valence-electron chi connectivity index (χ4n) is 3.37. The first kappa shape index (κ1) is 22.1. The van der Waals surface area contributed by atoms with Crippen molar-refractivity contribution in [3.8, 4) is 0 Å². The largest absolute Gasteiger partial charge is 0.382 e. The van der Waals surface area contributed by atoms with E-state index in [4.69, 9.17) is 31.1 Å². The molecule has 4 rings (SSSR count). The quantitative estimate of drug-likeness (QED) is 0.509. The van der Waals surface area contributed by atoms with Gasteiger partial charge in [-0.15, -0.1) is 0 Å². The first-order valence-corrected chi connectivity index (χ1v) is 11.9. The van der Waals surface area contributed by atoms with Gasteiger partial charge in [0, 0.05) is 17.0 Å². The second-order valence-corrected chi connectivity index (χ2v) is 9.53. The lowest BCUT2D eigenvalue weighted by Crippen LogP contribution is -2.23. The molecule has 2 aromatic heterocycles. The number of anilines is 1. The van der Waals surface area contributed by atoms with E-state index in [0.717, 1.165) is 0 Å². The van der Waals surface area contributed by atoms with Crippen molar-refractivity contribution >= 4 is 36.2 Å². The van der Waals surface area contributed by atoms with E-state index in [2.05, 4.69) is 15.0 Å². The van der Waals surface area contributed by atoms with Crippen molar-refractivity contribution in [3.05, 3.63) is 47.3 Å². The van der Waals surface area contributed by atoms with Crippen molar-refractivity contribution in [2.75, 3.05) is 18.7 Å². The van der Waals surface area contributed by atoms with Crippen molar-refractivity contribution in [3.63, 3.8) is 0 Å². The Morgan fingerprint density at radius 3 is 3.06 bits per heavy atom. The molecule has 0 saturated carbocycles. The average molecular weight is 470 g/mol. The third kappa shape index (κ3) is 4.88. The zero-order valence-electron chi connectivity index (χ0n) is 16.8. The molecule has 1 aliphatic rings. The standard InChI is InChI=1S/C19H22ClFN5O4P/c1-2-13(8-26-10-25-17-18(22)23-9-24-19(17)26)28-11-31(27)29-6-5-16(30-31)14-7-12(20)3-4-15(14)21/h3-4,7,9-10,13,16H,2,5-6,8,11H2,1H3,(H2,22,23,24)/t13-,16+,31-/m1/s1. The highest BCUT2D eigenvalue weighted by Gasteiger charge is 2.36. The van der Waals surface area contributed by atoms with Gasteiger partial charge >= 0.3 is 7.60 Å². The van der Waals surface area contributed by atoms with Gasteiger partial charge in [0.05, 0.1) is 31.7 Å². The third-order valence-corrected chi connectivity index (χ3v) is 6.87. The number of nitrogen functional groups attached to an aromatic ring is 1. The summed E-state index contributed by atoms with van der Waals surface area (Å²) >= 11 is 5.98. The second-order valence-electron chi connectivity index (χ2n) is 7.15. The van der Waals surface area contributed by atoms with E-state index in [1.54, 1.807) is 10.9 Å². The Bertz CT molecular complexity index is 1130. The molecule has 0 spiro atoms. The zero-order valence-corrected chi connectivity index (χ0v) is 18.4. The Kier molecular flexibility index (Phi) is 6.55. The van der Waals surface area contributed by atoms with Crippen LogP contribution in [0.15, 0.2) is 30.9 Å². The smallest absolute Gasteiger partial charge is 0.356 e. The van der Waals surface area contributed by atoms with Crippen LogP contribution < -0.4 is 5.73 Å². The van der Waals surface area contributed by atoms with Crippen LogP contribution in [-0.4, -0.2) is 38.6 Å². The molecule has 166 valence electrons. The molecule has 0 bridgehead atoms. The van der Waals surface area contributed by atoms with E-state index in [9.17, 15) is 8.96 Å². The van der Waals surface area contributed by atoms with Crippen molar-refractivity contribution in [2.45, 2.75) is 38.5 Å². The molecule has 1 fully saturated rings. The SMILES string of the molecule is CC[C@H](Cn1cnc2c(N)ncnc21)OC[P@@]1(=O)OCC[C@@H](c2cc(Cl)ccc2F)O1. The molecule has 12 heteroatoms. The molecule has 1 saturated heterocycles. The minimum absolute atomic E-state index is 0.163. The molecule has 0 unspecified atom stereocenters. The minimum atomic E-state index is -3.59. The highest BCUT2D eigenvalue weighted by molar-refractivity contribution is 7.53. The van der Waals surface area contributed by atoms with Crippen LogP contribution in [-0.2, 0) is 24.9 Å². The Morgan fingerprint density at radius 1 is 1.42 bits per heavy atom. The van der Waals surface area contributed by atoms with Crippen LogP contribution in [0, 0.1) is 5.82 Å². The molecule has 3 heterocycles. The maximum absolute atomic E-state index is 14.2. The fourth-order valence-corrected chi connectivity index (χ4v) is 5.13. The predicted molar refractivity (Wildman–Crippen MR) is 113 cm³/mol. The molecule has 31 heavy (non-hydrogen) atoms. The molecule has 0 amide bonds. The van der Waals surface area contributed by atoms with Crippen molar-refractivity contribution in [1.82, 2.24) is 19.5 Å². The van der Waals surface area contributed by atoms with Crippen LogP contribution in [0.2, 0.25) is 5.02 Å². The molecular weight excluding hydrogens is 448 g/mol. The fraction of sp³-hybridized carbons (Fsp3) is 0.421. The number of imidazole rings is 1. The van der Waals surface area contributed by atoms with Crippen LogP contribution in [0.4, 0.5) is 10.2 Å². The topological polar surface area (TPSA) is 114 Å². The van der Waals surface area contributed by atoms with Crippen molar-refractivity contribution in [1.29, 1.82) is 0 Å². The normalized spacial score (nSPS) is 22.6. The second kappa shape index (κ2) is 9.18. The van der Waals surface area contributed by atoms with Crippen molar-refractivity contribution in [2.24, 2.45) is 0 Å². The number of rotatable bonds is 7. The summed E-state index contributed by atoms with van der Waals surface area (Å²) in [5, 5.41) is 0.376. The molecule has 3 atom stereocenters. The monoisotopic (exact) mass is 469 g/mol. The summed E-state index contributed by atoms with van der Waals surface area (Å²) in [6.45, 7) is 2.52. The lowest BCUT2D eigenvalue weighted by Gasteiger charge is -2.31. The van der Waals surface area contributed by atoms with E-state index < -0.39 is 19.5 Å². The predicted octanol–water partition coefficient (Wildman–Crippen LogP) is 4.33. The zero-order chi connectivity index (χ0) is 22.0. The van der Waals surface area contributed by atoms with Gasteiger partial charge in [-0.1, -0.05) is 18.5 Å². The minimum Gasteiger partial charge on any atom is -0.382 e. The summed E-state index contributed by atoms with van der Waals surface area (Å²) in [7, 11) is -3.59. The number of nitrogens with two attached hydrogens (primary N) is 1. The first-order valence-electron chi connectivity index (χ1n) is 9.78. The molecule has 0 aliphatic carbocycles. The summed E-state index contributed by atoms with van der Waals surface area (Å²) < 4.78 is 46.1. The summed E-state index contributed by atoms with van der Waals surface area (Å²) in [5.74, 6) is -0.172. The number of aromatic nitrogens is 4. The van der Waals surface area contributed by atoms with Crippen LogP contribution in [0.25, 0.3) is 11.2 Å². The number of halogens is 2.